The molecule has 0 aliphatic carbocycles. The van der Waals surface area contributed by atoms with Crippen molar-refractivity contribution >= 4 is 0 Å². The molecule has 1 aliphatic heterocycles. The Morgan fingerprint density at radius 1 is 1.32 bits per heavy atom. The van der Waals surface area contributed by atoms with Crippen molar-refractivity contribution in [3.05, 3.63) is 11.9 Å². The zero-order valence-electron chi connectivity index (χ0n) is 12.8. The molecule has 0 aromatic carbocycles. The summed E-state index contributed by atoms with van der Waals surface area (Å²) < 4.78 is 1.78. The SMILES string of the molecule is CC(C)C1CN(Cc2cn(C)nn2)C(C(C)C)CN1. The lowest BCUT2D eigenvalue weighted by molar-refractivity contribution is 0.0772. The highest BCUT2D eigenvalue weighted by Crippen LogP contribution is 2.20. The van der Waals surface area contributed by atoms with Crippen LogP contribution in [0, 0.1) is 11.8 Å². The van der Waals surface area contributed by atoms with Crippen LogP contribution in [-0.2, 0) is 13.6 Å². The second kappa shape index (κ2) is 6.01. The number of rotatable bonds is 4. The predicted octanol–water partition coefficient (Wildman–Crippen LogP) is 1.27. The van der Waals surface area contributed by atoms with Crippen molar-refractivity contribution in [2.75, 3.05) is 13.1 Å². The van der Waals surface area contributed by atoms with Gasteiger partial charge in [-0.05, 0) is 11.8 Å². The summed E-state index contributed by atoms with van der Waals surface area (Å²) in [4.78, 5) is 2.57. The maximum Gasteiger partial charge on any atom is 0.0967 e. The van der Waals surface area contributed by atoms with Crippen LogP contribution in [-0.4, -0.2) is 45.1 Å². The molecule has 1 aromatic heterocycles. The molecule has 0 amide bonds. The zero-order chi connectivity index (χ0) is 14.0. The first-order valence-corrected chi connectivity index (χ1v) is 7.30. The minimum Gasteiger partial charge on any atom is -0.311 e. The summed E-state index contributed by atoms with van der Waals surface area (Å²) in [6.07, 6.45) is 2.02. The summed E-state index contributed by atoms with van der Waals surface area (Å²) in [6.45, 7) is 12.2. The first-order valence-electron chi connectivity index (χ1n) is 7.30. The van der Waals surface area contributed by atoms with Gasteiger partial charge in [-0.1, -0.05) is 32.9 Å². The number of aromatic nitrogens is 3. The van der Waals surface area contributed by atoms with E-state index in [4.69, 9.17) is 0 Å². The van der Waals surface area contributed by atoms with Crippen molar-refractivity contribution in [2.45, 2.75) is 46.3 Å². The van der Waals surface area contributed by atoms with Crippen molar-refractivity contribution in [1.82, 2.24) is 25.2 Å². The van der Waals surface area contributed by atoms with Crippen LogP contribution in [0.1, 0.15) is 33.4 Å². The smallest absolute Gasteiger partial charge is 0.0967 e. The van der Waals surface area contributed by atoms with E-state index in [2.05, 4.69) is 48.2 Å². The average molecular weight is 265 g/mol. The lowest BCUT2D eigenvalue weighted by atomic mass is 9.94. The van der Waals surface area contributed by atoms with E-state index in [1.165, 1.54) is 0 Å². The highest BCUT2D eigenvalue weighted by Gasteiger charge is 2.31. The standard InChI is InChI=1S/C14H27N5/c1-10(2)13-9-19(14(6-15-13)11(3)4)8-12-7-18(5)17-16-12/h7,10-11,13-15H,6,8-9H2,1-5H3. The number of nitrogens with one attached hydrogen (secondary N) is 1. The number of nitrogens with zero attached hydrogens (tertiary/aromatic N) is 4. The molecule has 2 heterocycles. The number of hydrogen-bond acceptors (Lipinski definition) is 4. The summed E-state index contributed by atoms with van der Waals surface area (Å²) in [5.74, 6) is 1.31. The van der Waals surface area contributed by atoms with Crippen LogP contribution in [0.5, 0.6) is 0 Å². The quantitative estimate of drug-likeness (QED) is 0.890. The third-order valence-electron chi connectivity index (χ3n) is 4.08. The molecule has 1 saturated heterocycles. The highest BCUT2D eigenvalue weighted by atomic mass is 15.4. The molecule has 1 aliphatic rings. The molecule has 108 valence electrons. The number of aryl methyl sites for hydroxylation is 1. The van der Waals surface area contributed by atoms with E-state index in [1.807, 2.05) is 13.2 Å². The van der Waals surface area contributed by atoms with Crippen molar-refractivity contribution in [2.24, 2.45) is 18.9 Å². The fraction of sp³-hybridized carbons (Fsp3) is 0.857. The topological polar surface area (TPSA) is 46.0 Å². The van der Waals surface area contributed by atoms with Crippen molar-refractivity contribution < 1.29 is 0 Å². The van der Waals surface area contributed by atoms with E-state index in [-0.39, 0.29) is 0 Å². The maximum absolute atomic E-state index is 4.22. The molecule has 0 spiro atoms. The third-order valence-corrected chi connectivity index (χ3v) is 4.08. The molecule has 19 heavy (non-hydrogen) atoms. The van der Waals surface area contributed by atoms with Gasteiger partial charge in [0.05, 0.1) is 5.69 Å². The molecule has 1 fully saturated rings. The lowest BCUT2D eigenvalue weighted by Crippen LogP contribution is -2.59. The molecule has 0 bridgehead atoms. The molecule has 5 nitrogen and oxygen atoms in total. The Hall–Kier alpha value is -0.940. The van der Waals surface area contributed by atoms with E-state index >= 15 is 0 Å². The third kappa shape index (κ3) is 3.54. The van der Waals surface area contributed by atoms with Gasteiger partial charge in [0, 0.05) is 45.0 Å². The van der Waals surface area contributed by atoms with Crippen LogP contribution in [0.25, 0.3) is 0 Å². The van der Waals surface area contributed by atoms with Crippen LogP contribution in [0.2, 0.25) is 0 Å². The Kier molecular flexibility index (Phi) is 4.58. The highest BCUT2D eigenvalue weighted by molar-refractivity contribution is 4.96. The van der Waals surface area contributed by atoms with E-state index in [0.717, 1.165) is 25.3 Å². The van der Waals surface area contributed by atoms with Gasteiger partial charge in [0.2, 0.25) is 0 Å². The van der Waals surface area contributed by atoms with Crippen LogP contribution in [0.3, 0.4) is 0 Å². The Bertz CT molecular complexity index is 398. The molecule has 2 rings (SSSR count). The normalized spacial score (nSPS) is 25.4. The minimum absolute atomic E-state index is 0.576. The molecule has 0 radical (unpaired) electrons. The molecule has 5 heteroatoms. The Balaban J connectivity index is 2.07. The summed E-state index contributed by atoms with van der Waals surface area (Å²) in [5, 5.41) is 11.9. The largest absolute Gasteiger partial charge is 0.311 e. The minimum atomic E-state index is 0.576. The van der Waals surface area contributed by atoms with E-state index in [9.17, 15) is 0 Å². The first kappa shape index (κ1) is 14.5. The monoisotopic (exact) mass is 265 g/mol. The molecular weight excluding hydrogens is 238 g/mol. The van der Waals surface area contributed by atoms with Gasteiger partial charge in [-0.15, -0.1) is 5.10 Å². The van der Waals surface area contributed by atoms with E-state index < -0.39 is 0 Å². The van der Waals surface area contributed by atoms with Gasteiger partial charge >= 0.3 is 0 Å². The predicted molar refractivity (Wildman–Crippen MR) is 76.7 cm³/mol. The van der Waals surface area contributed by atoms with Gasteiger partial charge in [0.15, 0.2) is 0 Å². The van der Waals surface area contributed by atoms with Crippen LogP contribution in [0.4, 0.5) is 0 Å². The van der Waals surface area contributed by atoms with Crippen LogP contribution >= 0.6 is 0 Å². The van der Waals surface area contributed by atoms with Gasteiger partial charge in [-0.25, -0.2) is 0 Å². The summed E-state index contributed by atoms with van der Waals surface area (Å²) in [6, 6.07) is 1.16. The Morgan fingerprint density at radius 3 is 2.58 bits per heavy atom. The second-order valence-corrected chi connectivity index (χ2v) is 6.38. The van der Waals surface area contributed by atoms with Crippen molar-refractivity contribution in [1.29, 1.82) is 0 Å². The van der Waals surface area contributed by atoms with Gasteiger partial charge in [0.1, 0.15) is 0 Å². The lowest BCUT2D eigenvalue weighted by Gasteiger charge is -2.43. The zero-order valence-corrected chi connectivity index (χ0v) is 12.8. The number of hydrogen-bond donors (Lipinski definition) is 1. The van der Waals surface area contributed by atoms with Gasteiger partial charge in [-0.2, -0.15) is 0 Å². The van der Waals surface area contributed by atoms with Gasteiger partial charge in [-0.3, -0.25) is 9.58 Å². The fourth-order valence-electron chi connectivity index (χ4n) is 2.82. The molecule has 2 unspecified atom stereocenters. The van der Waals surface area contributed by atoms with Gasteiger partial charge < -0.3 is 5.32 Å². The fourth-order valence-corrected chi connectivity index (χ4v) is 2.82. The molecule has 1 N–H and O–H groups in total. The molecular formula is C14H27N5. The Labute approximate surface area is 116 Å². The average Bonchev–Trinajstić information content (AvgIpc) is 2.74. The van der Waals surface area contributed by atoms with E-state index in [0.29, 0.717) is 23.9 Å². The van der Waals surface area contributed by atoms with Crippen molar-refractivity contribution in [3.63, 3.8) is 0 Å². The summed E-state index contributed by atoms with van der Waals surface area (Å²) in [5.41, 5.74) is 1.07. The Morgan fingerprint density at radius 2 is 2.05 bits per heavy atom. The first-order chi connectivity index (χ1) is 8.97. The van der Waals surface area contributed by atoms with Crippen LogP contribution < -0.4 is 5.32 Å². The molecule has 2 atom stereocenters. The van der Waals surface area contributed by atoms with Gasteiger partial charge in [0.25, 0.3) is 0 Å². The second-order valence-electron chi connectivity index (χ2n) is 6.38. The molecule has 1 aromatic rings. The summed E-state index contributed by atoms with van der Waals surface area (Å²) >= 11 is 0. The number of piperazine rings is 1. The summed E-state index contributed by atoms with van der Waals surface area (Å²) in [7, 11) is 1.92. The van der Waals surface area contributed by atoms with Crippen molar-refractivity contribution in [3.8, 4) is 0 Å². The van der Waals surface area contributed by atoms with E-state index in [1.54, 1.807) is 4.68 Å². The maximum atomic E-state index is 4.22. The molecule has 0 saturated carbocycles. The van der Waals surface area contributed by atoms with Crippen LogP contribution in [0.15, 0.2) is 6.20 Å².